The standard InChI is InChI=1S/C13H24N4S/c1-10-12(4-7-18-10)13(15-14)8-11-9-16(2)5-6-17(11)3/h4,7,11,13,15H,5-6,8-9,14H2,1-3H3. The predicted octanol–water partition coefficient (Wildman–Crippen LogP) is 1.20. The maximum absolute atomic E-state index is 5.75. The lowest BCUT2D eigenvalue weighted by Crippen LogP contribution is -2.51. The third-order valence-electron chi connectivity index (χ3n) is 3.96. The normalized spacial score (nSPS) is 24.3. The van der Waals surface area contributed by atoms with E-state index in [1.165, 1.54) is 10.4 Å². The zero-order chi connectivity index (χ0) is 13.1. The highest BCUT2D eigenvalue weighted by Crippen LogP contribution is 2.27. The summed E-state index contributed by atoms with van der Waals surface area (Å²) < 4.78 is 0. The zero-order valence-corrected chi connectivity index (χ0v) is 12.3. The predicted molar refractivity (Wildman–Crippen MR) is 77.7 cm³/mol. The van der Waals surface area contributed by atoms with Gasteiger partial charge >= 0.3 is 0 Å². The average Bonchev–Trinajstić information content (AvgIpc) is 2.77. The van der Waals surface area contributed by atoms with Crippen molar-refractivity contribution in [3.63, 3.8) is 0 Å². The number of thiophene rings is 1. The summed E-state index contributed by atoms with van der Waals surface area (Å²) in [4.78, 5) is 6.22. The van der Waals surface area contributed by atoms with Gasteiger partial charge in [0.1, 0.15) is 0 Å². The van der Waals surface area contributed by atoms with Crippen LogP contribution in [-0.4, -0.2) is 49.6 Å². The molecule has 102 valence electrons. The highest BCUT2D eigenvalue weighted by atomic mass is 32.1. The molecule has 2 heterocycles. The van der Waals surface area contributed by atoms with Gasteiger partial charge in [-0.25, -0.2) is 0 Å². The molecule has 1 aliphatic heterocycles. The van der Waals surface area contributed by atoms with Crippen LogP contribution in [0.3, 0.4) is 0 Å². The van der Waals surface area contributed by atoms with E-state index in [2.05, 4.69) is 47.7 Å². The topological polar surface area (TPSA) is 44.5 Å². The first-order valence-electron chi connectivity index (χ1n) is 6.50. The van der Waals surface area contributed by atoms with Crippen molar-refractivity contribution in [3.05, 3.63) is 21.9 Å². The van der Waals surface area contributed by atoms with Crippen LogP contribution in [0.15, 0.2) is 11.4 Å². The number of hydrogen-bond donors (Lipinski definition) is 2. The van der Waals surface area contributed by atoms with Crippen LogP contribution in [0.1, 0.15) is 22.9 Å². The van der Waals surface area contributed by atoms with Gasteiger partial charge in [0.15, 0.2) is 0 Å². The SMILES string of the molecule is Cc1sccc1C(CC1CN(C)CCN1C)NN. The van der Waals surface area contributed by atoms with Crippen molar-refractivity contribution < 1.29 is 0 Å². The fourth-order valence-corrected chi connectivity index (χ4v) is 3.43. The molecule has 0 saturated carbocycles. The van der Waals surface area contributed by atoms with E-state index in [1.807, 2.05) is 0 Å². The number of nitrogens with one attached hydrogen (secondary N) is 1. The first-order chi connectivity index (χ1) is 8.61. The fourth-order valence-electron chi connectivity index (χ4n) is 2.67. The zero-order valence-electron chi connectivity index (χ0n) is 11.5. The number of piperazine rings is 1. The monoisotopic (exact) mass is 268 g/mol. The molecule has 1 aromatic heterocycles. The molecule has 2 rings (SSSR count). The van der Waals surface area contributed by atoms with Crippen LogP contribution in [0.4, 0.5) is 0 Å². The number of aryl methyl sites for hydroxylation is 1. The first-order valence-corrected chi connectivity index (χ1v) is 7.38. The van der Waals surface area contributed by atoms with Gasteiger partial charge in [0.2, 0.25) is 0 Å². The lowest BCUT2D eigenvalue weighted by Gasteiger charge is -2.39. The lowest BCUT2D eigenvalue weighted by atomic mass is 9.98. The van der Waals surface area contributed by atoms with E-state index in [0.717, 1.165) is 26.1 Å². The third-order valence-corrected chi connectivity index (χ3v) is 4.82. The molecule has 0 spiro atoms. The van der Waals surface area contributed by atoms with Gasteiger partial charge in [-0.05, 0) is 44.4 Å². The Morgan fingerprint density at radius 2 is 2.28 bits per heavy atom. The van der Waals surface area contributed by atoms with Crippen molar-refractivity contribution in [1.29, 1.82) is 0 Å². The van der Waals surface area contributed by atoms with Gasteiger partial charge in [0.25, 0.3) is 0 Å². The Balaban J connectivity index is 2.04. The Morgan fingerprint density at radius 3 is 2.89 bits per heavy atom. The highest BCUT2D eigenvalue weighted by molar-refractivity contribution is 7.10. The molecule has 18 heavy (non-hydrogen) atoms. The summed E-state index contributed by atoms with van der Waals surface area (Å²) >= 11 is 1.79. The highest BCUT2D eigenvalue weighted by Gasteiger charge is 2.26. The van der Waals surface area contributed by atoms with E-state index in [4.69, 9.17) is 5.84 Å². The lowest BCUT2D eigenvalue weighted by molar-refractivity contribution is 0.101. The molecule has 3 N–H and O–H groups in total. The van der Waals surface area contributed by atoms with E-state index < -0.39 is 0 Å². The molecule has 0 amide bonds. The molecule has 4 nitrogen and oxygen atoms in total. The third kappa shape index (κ3) is 3.10. The second-order valence-corrected chi connectivity index (χ2v) is 6.40. The second-order valence-electron chi connectivity index (χ2n) is 5.28. The summed E-state index contributed by atoms with van der Waals surface area (Å²) in [5.74, 6) is 5.75. The van der Waals surface area contributed by atoms with Crippen LogP contribution in [-0.2, 0) is 0 Å². The minimum Gasteiger partial charge on any atom is -0.304 e. The Bertz CT molecular complexity index is 379. The Kier molecular flexibility index (Phi) is 4.75. The largest absolute Gasteiger partial charge is 0.304 e. The van der Waals surface area contributed by atoms with Gasteiger partial charge in [0.05, 0.1) is 0 Å². The molecule has 0 radical (unpaired) electrons. The van der Waals surface area contributed by atoms with Crippen molar-refractivity contribution in [2.45, 2.75) is 25.4 Å². The Morgan fingerprint density at radius 1 is 1.50 bits per heavy atom. The Hall–Kier alpha value is -0.460. The fraction of sp³-hybridized carbons (Fsp3) is 0.692. The van der Waals surface area contributed by atoms with Crippen LogP contribution in [0.5, 0.6) is 0 Å². The van der Waals surface area contributed by atoms with Crippen LogP contribution >= 0.6 is 11.3 Å². The number of rotatable bonds is 4. The van der Waals surface area contributed by atoms with E-state index in [0.29, 0.717) is 6.04 Å². The van der Waals surface area contributed by atoms with Gasteiger partial charge in [-0.1, -0.05) is 0 Å². The summed E-state index contributed by atoms with van der Waals surface area (Å²) in [5, 5.41) is 2.14. The van der Waals surface area contributed by atoms with E-state index in [9.17, 15) is 0 Å². The van der Waals surface area contributed by atoms with E-state index >= 15 is 0 Å². The molecule has 0 aliphatic carbocycles. The number of nitrogens with zero attached hydrogens (tertiary/aromatic N) is 2. The molecule has 2 unspecified atom stereocenters. The second kappa shape index (κ2) is 6.12. The summed E-state index contributed by atoms with van der Waals surface area (Å²) in [7, 11) is 4.41. The van der Waals surface area contributed by atoms with Gasteiger partial charge in [0, 0.05) is 36.6 Å². The molecular weight excluding hydrogens is 244 g/mol. The maximum atomic E-state index is 5.75. The minimum atomic E-state index is 0.259. The van der Waals surface area contributed by atoms with Crippen molar-refractivity contribution in [1.82, 2.24) is 15.2 Å². The van der Waals surface area contributed by atoms with Crippen LogP contribution in [0.25, 0.3) is 0 Å². The summed E-state index contributed by atoms with van der Waals surface area (Å²) in [6.07, 6.45) is 1.06. The number of hydrazine groups is 1. The smallest absolute Gasteiger partial charge is 0.0486 e. The molecule has 1 fully saturated rings. The van der Waals surface area contributed by atoms with Gasteiger partial charge in [-0.3, -0.25) is 11.3 Å². The van der Waals surface area contributed by atoms with Gasteiger partial charge in [-0.15, -0.1) is 11.3 Å². The average molecular weight is 268 g/mol. The van der Waals surface area contributed by atoms with Crippen molar-refractivity contribution in [2.75, 3.05) is 33.7 Å². The molecule has 2 atom stereocenters. The number of hydrogen-bond acceptors (Lipinski definition) is 5. The summed E-state index contributed by atoms with van der Waals surface area (Å²) in [6.45, 7) is 5.59. The van der Waals surface area contributed by atoms with E-state index in [-0.39, 0.29) is 6.04 Å². The number of likely N-dealkylation sites (N-methyl/N-ethyl adjacent to an activating group) is 2. The quantitative estimate of drug-likeness (QED) is 0.636. The van der Waals surface area contributed by atoms with E-state index in [1.54, 1.807) is 11.3 Å². The number of nitrogens with two attached hydrogens (primary N) is 1. The minimum absolute atomic E-state index is 0.259. The van der Waals surface area contributed by atoms with Crippen LogP contribution < -0.4 is 11.3 Å². The molecule has 1 aliphatic rings. The molecule has 0 bridgehead atoms. The van der Waals surface area contributed by atoms with Crippen molar-refractivity contribution in [2.24, 2.45) is 5.84 Å². The van der Waals surface area contributed by atoms with Crippen LogP contribution in [0.2, 0.25) is 0 Å². The van der Waals surface area contributed by atoms with Gasteiger partial charge in [-0.2, -0.15) is 0 Å². The molecule has 1 saturated heterocycles. The maximum Gasteiger partial charge on any atom is 0.0486 e. The molecule has 0 aromatic carbocycles. The van der Waals surface area contributed by atoms with Crippen molar-refractivity contribution >= 4 is 11.3 Å². The molecular formula is C13H24N4S. The van der Waals surface area contributed by atoms with Crippen molar-refractivity contribution in [3.8, 4) is 0 Å². The van der Waals surface area contributed by atoms with Gasteiger partial charge < -0.3 is 9.80 Å². The summed E-state index contributed by atoms with van der Waals surface area (Å²) in [5.41, 5.74) is 4.34. The molecule has 1 aromatic rings. The molecule has 5 heteroatoms. The first kappa shape index (κ1) is 14.0. The Labute approximate surface area is 114 Å². The van der Waals surface area contributed by atoms with Crippen LogP contribution in [0, 0.1) is 6.92 Å². The summed E-state index contributed by atoms with van der Waals surface area (Å²) in [6, 6.07) is 3.02.